The highest BCUT2D eigenvalue weighted by Crippen LogP contribution is 2.27. The molecule has 1 aromatic rings. The molecule has 1 N–H and O–H groups in total. The van der Waals surface area contributed by atoms with E-state index in [-0.39, 0.29) is 19.3 Å². The summed E-state index contributed by atoms with van der Waals surface area (Å²) < 4.78 is 0. The largest absolute Gasteiger partial charge is 0.341 e. The molecule has 0 aliphatic carbocycles. The molecular formula is C19H32N2O2. The van der Waals surface area contributed by atoms with E-state index in [1.807, 2.05) is 49.1 Å². The minimum absolute atomic E-state index is 0. The zero-order chi connectivity index (χ0) is 17.4. The van der Waals surface area contributed by atoms with Crippen molar-refractivity contribution in [2.75, 3.05) is 6.54 Å². The summed E-state index contributed by atoms with van der Waals surface area (Å²) >= 11 is 0. The molecular weight excluding hydrogens is 288 g/mol. The third-order valence-corrected chi connectivity index (χ3v) is 4.08. The lowest BCUT2D eigenvalue weighted by Crippen LogP contribution is -2.46. The number of likely N-dealkylation sites (tertiary alicyclic amines) is 1. The van der Waals surface area contributed by atoms with Gasteiger partial charge in [-0.1, -0.05) is 58.0 Å². The molecule has 1 heterocycles. The summed E-state index contributed by atoms with van der Waals surface area (Å²) in [6.45, 7) is 10.5. The van der Waals surface area contributed by atoms with E-state index in [1.165, 1.54) is 6.92 Å². The van der Waals surface area contributed by atoms with E-state index >= 15 is 0 Å². The number of nitrogens with zero attached hydrogens (tertiary/aromatic N) is 1. The Kier molecular flexibility index (Phi) is 7.79. The molecule has 0 radical (unpaired) electrons. The summed E-state index contributed by atoms with van der Waals surface area (Å²) in [5, 5.41) is 2.80. The smallest absolute Gasteiger partial charge is 0.250 e. The van der Waals surface area contributed by atoms with E-state index < -0.39 is 6.04 Å². The molecule has 2 atom stereocenters. The maximum absolute atomic E-state index is 12.9. The third-order valence-electron chi connectivity index (χ3n) is 4.08. The Bertz CT molecular complexity index is 505. The molecule has 1 aromatic carbocycles. The Morgan fingerprint density at radius 1 is 1.22 bits per heavy atom. The van der Waals surface area contributed by atoms with Gasteiger partial charge in [0.1, 0.15) is 6.04 Å². The highest BCUT2D eigenvalue weighted by atomic mass is 16.2. The zero-order valence-electron chi connectivity index (χ0n) is 15.0. The van der Waals surface area contributed by atoms with Crippen LogP contribution >= 0.6 is 0 Å². The van der Waals surface area contributed by atoms with E-state index in [0.717, 1.165) is 24.9 Å². The molecule has 1 aliphatic rings. The number of nitrogens with one attached hydrogen (secondary N) is 1. The number of amides is 2. The van der Waals surface area contributed by atoms with Crippen molar-refractivity contribution in [1.29, 1.82) is 0 Å². The number of carbonyl (C=O) groups is 2. The van der Waals surface area contributed by atoms with Crippen LogP contribution in [0.3, 0.4) is 0 Å². The minimum atomic E-state index is -0.581. The van der Waals surface area contributed by atoms with Crippen molar-refractivity contribution < 1.29 is 11.0 Å². The van der Waals surface area contributed by atoms with Gasteiger partial charge in [-0.25, -0.2) is 0 Å². The summed E-state index contributed by atoms with van der Waals surface area (Å²) in [4.78, 5) is 26.3. The summed E-state index contributed by atoms with van der Waals surface area (Å²) in [6, 6.07) is 9.16. The van der Waals surface area contributed by atoms with Crippen molar-refractivity contribution in [1.82, 2.24) is 10.2 Å². The predicted molar refractivity (Wildman–Crippen MR) is 96.0 cm³/mol. The van der Waals surface area contributed by atoms with Crippen LogP contribution in [0.2, 0.25) is 0 Å². The topological polar surface area (TPSA) is 49.4 Å². The molecule has 1 fully saturated rings. The molecule has 2 amide bonds. The van der Waals surface area contributed by atoms with Gasteiger partial charge in [0.15, 0.2) is 0 Å². The molecule has 4 heteroatoms. The Morgan fingerprint density at radius 3 is 2.35 bits per heavy atom. The second kappa shape index (κ2) is 9.33. The maximum Gasteiger partial charge on any atom is 0.250 e. The highest BCUT2D eigenvalue weighted by molar-refractivity contribution is 5.88. The molecule has 23 heavy (non-hydrogen) atoms. The third kappa shape index (κ3) is 5.08. The van der Waals surface area contributed by atoms with Gasteiger partial charge in [-0.05, 0) is 24.3 Å². The predicted octanol–water partition coefficient (Wildman–Crippen LogP) is 3.78. The Labute approximate surface area is 141 Å². The lowest BCUT2D eigenvalue weighted by Gasteiger charge is -2.31. The second-order valence-electron chi connectivity index (χ2n) is 6.03. The lowest BCUT2D eigenvalue weighted by molar-refractivity contribution is -0.137. The molecule has 1 aliphatic heterocycles. The fourth-order valence-corrected chi connectivity index (χ4v) is 3.06. The van der Waals surface area contributed by atoms with Gasteiger partial charge in [-0.3, -0.25) is 9.59 Å². The van der Waals surface area contributed by atoms with Crippen molar-refractivity contribution in [3.8, 4) is 0 Å². The molecule has 1 saturated heterocycles. The van der Waals surface area contributed by atoms with Crippen molar-refractivity contribution in [2.24, 2.45) is 5.92 Å². The lowest BCUT2D eigenvalue weighted by atomic mass is 10.00. The average Bonchev–Trinajstić information content (AvgIpc) is 3.04. The van der Waals surface area contributed by atoms with E-state index in [4.69, 9.17) is 0 Å². The monoisotopic (exact) mass is 320 g/mol. The average molecular weight is 320 g/mol. The van der Waals surface area contributed by atoms with Crippen LogP contribution in [0, 0.1) is 5.92 Å². The zero-order valence-corrected chi connectivity index (χ0v) is 15.0. The quantitative estimate of drug-likeness (QED) is 0.917. The number of hydrogen-bond donors (Lipinski definition) is 1. The first kappa shape index (κ1) is 19.2. The minimum Gasteiger partial charge on any atom is -0.341 e. The van der Waals surface area contributed by atoms with E-state index in [9.17, 15) is 9.59 Å². The van der Waals surface area contributed by atoms with Gasteiger partial charge in [0.05, 0.1) is 0 Å². The summed E-state index contributed by atoms with van der Waals surface area (Å²) in [7, 11) is 0. The van der Waals surface area contributed by atoms with E-state index in [0.29, 0.717) is 5.92 Å². The summed E-state index contributed by atoms with van der Waals surface area (Å²) in [5.74, 6) is 0.260. The van der Waals surface area contributed by atoms with Crippen LogP contribution in [0.15, 0.2) is 30.3 Å². The van der Waals surface area contributed by atoms with Crippen LogP contribution in [0.1, 0.15) is 60.5 Å². The van der Waals surface area contributed by atoms with Crippen LogP contribution in [-0.4, -0.2) is 29.3 Å². The first-order chi connectivity index (χ1) is 11.0. The van der Waals surface area contributed by atoms with Gasteiger partial charge < -0.3 is 10.2 Å². The molecule has 2 rings (SSSR count). The Balaban J connectivity index is 0.00000170. The van der Waals surface area contributed by atoms with Crippen LogP contribution in [0.4, 0.5) is 0 Å². The molecule has 4 nitrogen and oxygen atoms in total. The number of rotatable bonds is 4. The standard InChI is InChI=1S/C17H24N2O2.C2H6.H2/c1-12(2)15-10-7-11-19(15)17(21)16(18-13(3)20)14-8-5-4-6-9-14;1-2;/h4-6,8-9,12,15-16H,7,10-11H2,1-3H3,(H,18,20);1-2H3;1H/t15?,16-;;/m0../s1. The van der Waals surface area contributed by atoms with Crippen molar-refractivity contribution in [2.45, 2.75) is 59.5 Å². The van der Waals surface area contributed by atoms with Gasteiger partial charge >= 0.3 is 0 Å². The molecule has 1 unspecified atom stereocenters. The van der Waals surface area contributed by atoms with Crippen molar-refractivity contribution in [3.63, 3.8) is 0 Å². The first-order valence-corrected chi connectivity index (χ1v) is 8.63. The number of hydrogen-bond acceptors (Lipinski definition) is 2. The molecule has 0 spiro atoms. The Morgan fingerprint density at radius 2 is 1.83 bits per heavy atom. The fourth-order valence-electron chi connectivity index (χ4n) is 3.06. The molecule has 130 valence electrons. The van der Waals surface area contributed by atoms with Crippen LogP contribution in [-0.2, 0) is 9.59 Å². The normalized spacial score (nSPS) is 18.2. The second-order valence-corrected chi connectivity index (χ2v) is 6.03. The first-order valence-electron chi connectivity index (χ1n) is 8.63. The van der Waals surface area contributed by atoms with E-state index in [2.05, 4.69) is 19.2 Å². The van der Waals surface area contributed by atoms with Gasteiger partial charge in [0.2, 0.25) is 11.8 Å². The molecule has 0 bridgehead atoms. The molecule has 0 aromatic heterocycles. The fraction of sp³-hybridized carbons (Fsp3) is 0.579. The number of carbonyl (C=O) groups excluding carboxylic acids is 2. The summed E-state index contributed by atoms with van der Waals surface area (Å²) in [5.41, 5.74) is 0.840. The van der Waals surface area contributed by atoms with E-state index in [1.54, 1.807) is 0 Å². The number of benzene rings is 1. The van der Waals surface area contributed by atoms with Gasteiger partial charge in [0, 0.05) is 20.9 Å². The van der Waals surface area contributed by atoms with Crippen molar-refractivity contribution >= 4 is 11.8 Å². The van der Waals surface area contributed by atoms with Gasteiger partial charge in [-0.2, -0.15) is 0 Å². The SMILES string of the molecule is CC.CC(=O)N[C@H](C(=O)N1CCCC1C(C)C)c1ccccc1.[HH]. The highest BCUT2D eigenvalue weighted by Gasteiger charge is 2.35. The van der Waals surface area contributed by atoms with Gasteiger partial charge in [-0.15, -0.1) is 0 Å². The van der Waals surface area contributed by atoms with Crippen molar-refractivity contribution in [3.05, 3.63) is 35.9 Å². The Hall–Kier alpha value is -1.84. The summed E-state index contributed by atoms with van der Waals surface area (Å²) in [6.07, 6.45) is 2.08. The molecule has 0 saturated carbocycles. The maximum atomic E-state index is 12.9. The van der Waals surface area contributed by atoms with Crippen LogP contribution in [0.5, 0.6) is 0 Å². The van der Waals surface area contributed by atoms with Gasteiger partial charge in [0.25, 0.3) is 0 Å². The van der Waals surface area contributed by atoms with Crippen LogP contribution in [0.25, 0.3) is 0 Å². The van der Waals surface area contributed by atoms with Crippen LogP contribution < -0.4 is 5.32 Å².